The molecule has 0 spiro atoms. The zero-order valence-electron chi connectivity index (χ0n) is 19.4. The molecule has 176 valence electrons. The fourth-order valence-corrected chi connectivity index (χ4v) is 3.64. The van der Waals surface area contributed by atoms with Crippen LogP contribution in [0.2, 0.25) is 0 Å². The largest absolute Gasteiger partial charge is 0.382 e. The highest BCUT2D eigenvalue weighted by molar-refractivity contribution is 7.73. The average Bonchev–Trinajstić information content (AvgIpc) is 3.46. The van der Waals surface area contributed by atoms with E-state index in [0.717, 1.165) is 22.5 Å². The third-order valence-electron chi connectivity index (χ3n) is 4.20. The number of thiazole rings is 1. The van der Waals surface area contributed by atoms with Gasteiger partial charge in [-0.15, -0.1) is 11.3 Å². The van der Waals surface area contributed by atoms with Crippen LogP contribution in [0.4, 0.5) is 0 Å². The van der Waals surface area contributed by atoms with Crippen LogP contribution in [-0.2, 0) is 6.54 Å². The van der Waals surface area contributed by atoms with E-state index in [-0.39, 0.29) is 5.54 Å². The fourth-order valence-electron chi connectivity index (χ4n) is 2.81. The van der Waals surface area contributed by atoms with Gasteiger partial charge in [-0.25, -0.2) is 4.99 Å². The summed E-state index contributed by atoms with van der Waals surface area (Å²) in [5.41, 5.74) is 16.0. The number of amidine groups is 2. The molecule has 0 bridgehead atoms. The van der Waals surface area contributed by atoms with E-state index in [2.05, 4.69) is 19.9 Å². The van der Waals surface area contributed by atoms with E-state index in [0.29, 0.717) is 27.9 Å². The van der Waals surface area contributed by atoms with Gasteiger partial charge in [-0.2, -0.15) is 0 Å². The molecule has 1 aromatic carbocycles. The molecule has 9 heteroatoms. The number of rotatable bonds is 5. The highest BCUT2D eigenvalue weighted by Crippen LogP contribution is 2.24. The van der Waals surface area contributed by atoms with Crippen LogP contribution in [0.15, 0.2) is 82.4 Å². The van der Waals surface area contributed by atoms with Crippen LogP contribution in [0.1, 0.15) is 37.9 Å². The SMILES string of the molecule is CC(C)(C)N.NC(=NC(=NCc1ccccn1)c1[nH]ccc1-c1ccccc1)c1csc(=S)[nH]1. The summed E-state index contributed by atoms with van der Waals surface area (Å²) >= 11 is 6.56. The molecule has 0 saturated heterocycles. The molecule has 0 radical (unpaired) electrons. The van der Waals surface area contributed by atoms with E-state index in [4.69, 9.17) is 28.7 Å². The molecule has 0 saturated carbocycles. The molecule has 0 aliphatic carbocycles. The first-order chi connectivity index (χ1) is 16.2. The second-order valence-electron chi connectivity index (χ2n) is 8.52. The molecule has 0 unspecified atom stereocenters. The predicted molar refractivity (Wildman–Crippen MR) is 145 cm³/mol. The minimum atomic E-state index is 0. The molecule has 4 aromatic rings. The van der Waals surface area contributed by atoms with Crippen molar-refractivity contribution in [3.05, 3.63) is 93.4 Å². The van der Waals surface area contributed by atoms with Gasteiger partial charge in [0.05, 0.1) is 23.6 Å². The van der Waals surface area contributed by atoms with Gasteiger partial charge < -0.3 is 21.4 Å². The van der Waals surface area contributed by atoms with Gasteiger partial charge in [0.1, 0.15) is 0 Å². The minimum absolute atomic E-state index is 0. The third-order valence-corrected chi connectivity index (χ3v) is 5.26. The number of aromatic nitrogens is 3. The molecule has 0 atom stereocenters. The van der Waals surface area contributed by atoms with Crippen molar-refractivity contribution in [3.8, 4) is 11.1 Å². The maximum absolute atomic E-state index is 6.24. The predicted octanol–water partition coefficient (Wildman–Crippen LogP) is 5.29. The molecular weight excluding hydrogens is 462 g/mol. The van der Waals surface area contributed by atoms with Crippen molar-refractivity contribution >= 4 is 35.2 Å². The van der Waals surface area contributed by atoms with Crippen LogP contribution < -0.4 is 11.5 Å². The van der Waals surface area contributed by atoms with Crippen molar-refractivity contribution in [2.75, 3.05) is 0 Å². The highest BCUT2D eigenvalue weighted by atomic mass is 32.1. The number of hydrogen-bond acceptors (Lipinski definition) is 5. The van der Waals surface area contributed by atoms with E-state index in [1.807, 2.05) is 86.9 Å². The van der Waals surface area contributed by atoms with E-state index < -0.39 is 0 Å². The number of nitrogens with zero attached hydrogens (tertiary/aromatic N) is 3. The van der Waals surface area contributed by atoms with Crippen LogP contribution >= 0.6 is 23.6 Å². The summed E-state index contributed by atoms with van der Waals surface area (Å²) in [6.45, 7) is 6.28. The summed E-state index contributed by atoms with van der Waals surface area (Å²) in [4.78, 5) is 20.0. The molecule has 34 heavy (non-hydrogen) atoms. The number of nitrogens with one attached hydrogen (secondary N) is 2. The van der Waals surface area contributed by atoms with Gasteiger partial charge in [0, 0.05) is 28.9 Å². The first kappa shape index (κ1) is 25.2. The first-order valence-electron chi connectivity index (χ1n) is 10.7. The topological polar surface area (TPSA) is 121 Å². The molecule has 7 nitrogen and oxygen atoms in total. The first-order valence-corrected chi connectivity index (χ1v) is 12.0. The zero-order chi connectivity index (χ0) is 24.6. The van der Waals surface area contributed by atoms with Crippen molar-refractivity contribution in [3.63, 3.8) is 0 Å². The zero-order valence-corrected chi connectivity index (χ0v) is 21.1. The molecule has 0 amide bonds. The Bertz CT molecular complexity index is 1290. The van der Waals surface area contributed by atoms with Crippen LogP contribution in [-0.4, -0.2) is 32.2 Å². The molecule has 6 N–H and O–H groups in total. The highest BCUT2D eigenvalue weighted by Gasteiger charge is 2.14. The minimum Gasteiger partial charge on any atom is -0.382 e. The van der Waals surface area contributed by atoms with Gasteiger partial charge in [-0.05, 0) is 56.8 Å². The number of pyridine rings is 1. The third kappa shape index (κ3) is 7.87. The molecule has 0 aliphatic heterocycles. The lowest BCUT2D eigenvalue weighted by Crippen LogP contribution is -2.26. The van der Waals surface area contributed by atoms with Crippen LogP contribution in [0.3, 0.4) is 0 Å². The van der Waals surface area contributed by atoms with Gasteiger partial charge in [0.15, 0.2) is 15.6 Å². The second kappa shape index (κ2) is 11.6. The fraction of sp³-hybridized carbons (Fsp3) is 0.200. The second-order valence-corrected chi connectivity index (χ2v) is 10.1. The summed E-state index contributed by atoms with van der Waals surface area (Å²) in [6.07, 6.45) is 3.62. The monoisotopic (exact) mass is 491 g/mol. The Morgan fingerprint density at radius 1 is 1.09 bits per heavy atom. The number of benzene rings is 1. The summed E-state index contributed by atoms with van der Waals surface area (Å²) in [5.74, 6) is 0.827. The smallest absolute Gasteiger partial charge is 0.174 e. The van der Waals surface area contributed by atoms with Crippen molar-refractivity contribution in [1.82, 2.24) is 15.0 Å². The number of aromatic amines is 2. The van der Waals surface area contributed by atoms with Crippen molar-refractivity contribution in [2.45, 2.75) is 32.9 Å². The standard InChI is InChI=1S/C21H18N6S2.C4H11N/c22-19(17-13-29-21(28)26-17)27-20(25-12-15-8-4-5-10-23-15)18-16(9-11-24-18)14-6-2-1-3-7-14;1-4(2,3)5/h1-11,13,24H,12H2,(H,26,28)(H2,22,25,27);5H2,1-3H3. The lowest BCUT2D eigenvalue weighted by atomic mass is 10.1. The normalized spacial score (nSPS) is 12.2. The van der Waals surface area contributed by atoms with Gasteiger partial charge in [-0.3, -0.25) is 9.98 Å². The van der Waals surface area contributed by atoms with E-state index in [1.54, 1.807) is 6.20 Å². The molecular formula is C25H29N7S2. The number of H-pyrrole nitrogens is 2. The molecule has 0 aliphatic rings. The summed E-state index contributed by atoms with van der Waals surface area (Å²) in [7, 11) is 0. The lowest BCUT2D eigenvalue weighted by molar-refractivity contribution is 0.580. The van der Waals surface area contributed by atoms with Gasteiger partial charge in [0.25, 0.3) is 0 Å². The number of aliphatic imine (C=N–C) groups is 2. The lowest BCUT2D eigenvalue weighted by Gasteiger charge is -2.06. The molecule has 3 aromatic heterocycles. The summed E-state index contributed by atoms with van der Waals surface area (Å²) < 4.78 is 0.648. The Labute approximate surface area is 208 Å². The van der Waals surface area contributed by atoms with Crippen molar-refractivity contribution in [1.29, 1.82) is 0 Å². The van der Waals surface area contributed by atoms with Gasteiger partial charge in [-0.1, -0.05) is 36.4 Å². The Morgan fingerprint density at radius 3 is 2.41 bits per heavy atom. The maximum atomic E-state index is 6.24. The van der Waals surface area contributed by atoms with Crippen LogP contribution in [0.25, 0.3) is 11.1 Å². The van der Waals surface area contributed by atoms with Crippen LogP contribution in [0, 0.1) is 3.95 Å². The summed E-state index contributed by atoms with van der Waals surface area (Å²) in [5, 5.41) is 1.85. The molecule has 0 fully saturated rings. The Morgan fingerprint density at radius 2 is 1.79 bits per heavy atom. The van der Waals surface area contributed by atoms with Gasteiger partial charge >= 0.3 is 0 Å². The molecule has 3 heterocycles. The van der Waals surface area contributed by atoms with E-state index in [9.17, 15) is 0 Å². The van der Waals surface area contributed by atoms with Crippen molar-refractivity contribution in [2.24, 2.45) is 21.5 Å². The number of nitrogens with two attached hydrogens (primary N) is 2. The van der Waals surface area contributed by atoms with Gasteiger partial charge in [0.2, 0.25) is 0 Å². The Hall–Kier alpha value is -3.40. The Balaban J connectivity index is 0.000000588. The maximum Gasteiger partial charge on any atom is 0.174 e. The van der Waals surface area contributed by atoms with Crippen molar-refractivity contribution < 1.29 is 0 Å². The van der Waals surface area contributed by atoms with Crippen LogP contribution in [0.5, 0.6) is 0 Å². The van der Waals surface area contributed by atoms with E-state index in [1.165, 1.54) is 11.3 Å². The number of hydrogen-bond donors (Lipinski definition) is 4. The molecule has 4 rings (SSSR count). The van der Waals surface area contributed by atoms with E-state index >= 15 is 0 Å². The quantitative estimate of drug-likeness (QED) is 0.172. The average molecular weight is 492 g/mol. The summed E-state index contributed by atoms with van der Waals surface area (Å²) in [6, 6.07) is 17.8. The Kier molecular flexibility index (Phi) is 8.64.